The molecule has 2 rings (SSSR count). The smallest absolute Gasteiger partial charge is 0.241 e. The minimum Gasteiger partial charge on any atom is -0.479 e. The molecule has 0 fully saturated rings. The highest BCUT2D eigenvalue weighted by molar-refractivity contribution is 9.10. The van der Waals surface area contributed by atoms with Crippen molar-refractivity contribution in [2.45, 2.75) is 9.92 Å². The molecule has 17 heavy (non-hydrogen) atoms. The molecule has 4 nitrogen and oxygen atoms in total. The van der Waals surface area contributed by atoms with Gasteiger partial charge in [-0.25, -0.2) is 4.98 Å². The van der Waals surface area contributed by atoms with Gasteiger partial charge in [-0.3, -0.25) is 0 Å². The topological polar surface area (TPSA) is 61.0 Å². The van der Waals surface area contributed by atoms with Crippen molar-refractivity contribution in [3.8, 4) is 5.88 Å². The van der Waals surface area contributed by atoms with Gasteiger partial charge in [-0.2, -0.15) is 4.98 Å². The second-order valence-electron chi connectivity index (χ2n) is 3.13. The SMILES string of the molecule is COc1ncnc(Sc2ccccc2Br)c1N. The Kier molecular flexibility index (Phi) is 3.86. The Balaban J connectivity index is 2.34. The third kappa shape index (κ3) is 2.70. The zero-order chi connectivity index (χ0) is 12.3. The standard InChI is InChI=1S/C11H10BrN3OS/c1-16-10-9(13)11(15-6-14-10)17-8-5-3-2-4-7(8)12/h2-6H,13H2,1H3. The van der Waals surface area contributed by atoms with Crippen molar-refractivity contribution in [3.63, 3.8) is 0 Å². The molecule has 1 heterocycles. The molecular weight excluding hydrogens is 302 g/mol. The number of rotatable bonds is 3. The number of methoxy groups -OCH3 is 1. The van der Waals surface area contributed by atoms with Crippen LogP contribution in [0, 0.1) is 0 Å². The van der Waals surface area contributed by atoms with Gasteiger partial charge in [0.1, 0.15) is 17.0 Å². The number of nitrogens with zero attached hydrogens (tertiary/aromatic N) is 2. The minimum absolute atomic E-state index is 0.398. The third-order valence-corrected chi connectivity index (χ3v) is 4.10. The largest absolute Gasteiger partial charge is 0.479 e. The molecule has 0 unspecified atom stereocenters. The van der Waals surface area contributed by atoms with Crippen LogP contribution in [0.15, 0.2) is 45.0 Å². The molecule has 0 atom stereocenters. The molecule has 0 aliphatic rings. The molecule has 0 aliphatic carbocycles. The Hall–Kier alpha value is -1.27. The van der Waals surface area contributed by atoms with Crippen LogP contribution in [0.2, 0.25) is 0 Å². The number of hydrogen-bond acceptors (Lipinski definition) is 5. The summed E-state index contributed by atoms with van der Waals surface area (Å²) in [6, 6.07) is 7.87. The summed E-state index contributed by atoms with van der Waals surface area (Å²) in [6.45, 7) is 0. The van der Waals surface area contributed by atoms with Crippen molar-refractivity contribution in [2.75, 3.05) is 12.8 Å². The van der Waals surface area contributed by atoms with Crippen LogP contribution in [0.4, 0.5) is 5.69 Å². The number of aromatic nitrogens is 2. The number of ether oxygens (including phenoxy) is 1. The molecule has 1 aromatic heterocycles. The van der Waals surface area contributed by atoms with Gasteiger partial charge in [0.2, 0.25) is 5.88 Å². The summed E-state index contributed by atoms with van der Waals surface area (Å²) in [5.41, 5.74) is 6.36. The van der Waals surface area contributed by atoms with Gasteiger partial charge in [-0.1, -0.05) is 23.9 Å². The zero-order valence-corrected chi connectivity index (χ0v) is 11.5. The molecule has 0 spiro atoms. The molecule has 0 saturated carbocycles. The minimum atomic E-state index is 0.398. The first-order valence-corrected chi connectivity index (χ1v) is 6.40. The highest BCUT2D eigenvalue weighted by Crippen LogP contribution is 2.36. The van der Waals surface area contributed by atoms with Gasteiger partial charge in [0, 0.05) is 9.37 Å². The van der Waals surface area contributed by atoms with Crippen molar-refractivity contribution >= 4 is 33.4 Å². The summed E-state index contributed by atoms with van der Waals surface area (Å²) in [4.78, 5) is 9.13. The molecule has 2 aromatic rings. The lowest BCUT2D eigenvalue weighted by Gasteiger charge is -2.08. The average Bonchev–Trinajstić information content (AvgIpc) is 2.34. The maximum atomic E-state index is 5.91. The first-order valence-electron chi connectivity index (χ1n) is 4.79. The molecule has 6 heteroatoms. The average molecular weight is 312 g/mol. The Morgan fingerprint density at radius 3 is 2.76 bits per heavy atom. The quantitative estimate of drug-likeness (QED) is 0.883. The van der Waals surface area contributed by atoms with Gasteiger partial charge < -0.3 is 10.5 Å². The normalized spacial score (nSPS) is 10.2. The molecule has 0 amide bonds. The van der Waals surface area contributed by atoms with E-state index >= 15 is 0 Å². The van der Waals surface area contributed by atoms with E-state index in [2.05, 4.69) is 25.9 Å². The fourth-order valence-corrected chi connectivity index (χ4v) is 2.59. The van der Waals surface area contributed by atoms with E-state index in [9.17, 15) is 0 Å². The van der Waals surface area contributed by atoms with Crippen LogP contribution in [0.5, 0.6) is 5.88 Å². The number of hydrogen-bond donors (Lipinski definition) is 1. The van der Waals surface area contributed by atoms with E-state index in [0.717, 1.165) is 9.37 Å². The predicted octanol–water partition coefficient (Wildman–Crippen LogP) is 2.98. The summed E-state index contributed by atoms with van der Waals surface area (Å²) >= 11 is 4.94. The van der Waals surface area contributed by atoms with Crippen LogP contribution in [0.1, 0.15) is 0 Å². The zero-order valence-electron chi connectivity index (χ0n) is 9.05. The molecular formula is C11H10BrN3OS. The summed E-state index contributed by atoms with van der Waals surface area (Å²) in [7, 11) is 1.53. The van der Waals surface area contributed by atoms with Gasteiger partial charge in [0.15, 0.2) is 0 Å². The van der Waals surface area contributed by atoms with Crippen LogP contribution >= 0.6 is 27.7 Å². The van der Waals surface area contributed by atoms with Crippen molar-refractivity contribution in [3.05, 3.63) is 35.1 Å². The molecule has 2 N–H and O–H groups in total. The predicted molar refractivity (Wildman–Crippen MR) is 71.3 cm³/mol. The number of benzene rings is 1. The summed E-state index contributed by atoms with van der Waals surface area (Å²) in [5.74, 6) is 0.398. The van der Waals surface area contributed by atoms with E-state index in [4.69, 9.17) is 10.5 Å². The summed E-state index contributed by atoms with van der Waals surface area (Å²) in [5, 5.41) is 0.684. The Morgan fingerprint density at radius 2 is 2.06 bits per heavy atom. The number of nitrogens with two attached hydrogens (primary N) is 1. The molecule has 88 valence electrons. The van der Waals surface area contributed by atoms with Crippen LogP contribution in [-0.4, -0.2) is 17.1 Å². The fraction of sp³-hybridized carbons (Fsp3) is 0.0909. The van der Waals surface area contributed by atoms with Crippen molar-refractivity contribution in [1.82, 2.24) is 9.97 Å². The van der Waals surface area contributed by atoms with Crippen molar-refractivity contribution in [1.29, 1.82) is 0 Å². The van der Waals surface area contributed by atoms with Crippen molar-refractivity contribution in [2.24, 2.45) is 0 Å². The van der Waals surface area contributed by atoms with Gasteiger partial charge in [0.05, 0.1) is 7.11 Å². The van der Waals surface area contributed by atoms with Gasteiger partial charge in [0.25, 0.3) is 0 Å². The van der Waals surface area contributed by atoms with Gasteiger partial charge in [-0.05, 0) is 28.1 Å². The fourth-order valence-electron chi connectivity index (χ4n) is 1.24. The molecule has 0 radical (unpaired) electrons. The molecule has 1 aromatic carbocycles. The second-order valence-corrected chi connectivity index (χ2v) is 5.02. The van der Waals surface area contributed by atoms with E-state index < -0.39 is 0 Å². The van der Waals surface area contributed by atoms with Crippen LogP contribution in [0.3, 0.4) is 0 Å². The highest BCUT2D eigenvalue weighted by atomic mass is 79.9. The lowest BCUT2D eigenvalue weighted by molar-refractivity contribution is 0.397. The second kappa shape index (κ2) is 5.37. The van der Waals surface area contributed by atoms with Crippen LogP contribution in [-0.2, 0) is 0 Å². The van der Waals surface area contributed by atoms with Crippen LogP contribution in [0.25, 0.3) is 0 Å². The monoisotopic (exact) mass is 311 g/mol. The number of halogens is 1. The van der Waals surface area contributed by atoms with Crippen LogP contribution < -0.4 is 10.5 Å². The Morgan fingerprint density at radius 1 is 1.29 bits per heavy atom. The first-order chi connectivity index (χ1) is 8.22. The van der Waals surface area contributed by atoms with Gasteiger partial charge >= 0.3 is 0 Å². The molecule has 0 saturated heterocycles. The maximum Gasteiger partial charge on any atom is 0.241 e. The van der Waals surface area contributed by atoms with E-state index in [1.165, 1.54) is 25.2 Å². The van der Waals surface area contributed by atoms with Crippen molar-refractivity contribution < 1.29 is 4.74 Å². The number of nitrogen functional groups attached to an aromatic ring is 1. The third-order valence-electron chi connectivity index (χ3n) is 2.05. The lowest BCUT2D eigenvalue weighted by Crippen LogP contribution is -1.99. The number of anilines is 1. The van der Waals surface area contributed by atoms with E-state index in [1.54, 1.807) is 0 Å². The first kappa shape index (κ1) is 12.2. The summed E-state index contributed by atoms with van der Waals surface area (Å²) < 4.78 is 6.05. The Labute approximate surface area is 112 Å². The van der Waals surface area contributed by atoms with E-state index in [0.29, 0.717) is 16.6 Å². The lowest BCUT2D eigenvalue weighted by atomic mass is 10.4. The van der Waals surface area contributed by atoms with Gasteiger partial charge in [-0.15, -0.1) is 0 Å². The highest BCUT2D eigenvalue weighted by Gasteiger charge is 2.10. The maximum absolute atomic E-state index is 5.91. The van der Waals surface area contributed by atoms with E-state index in [1.807, 2.05) is 24.3 Å². The molecule has 0 bridgehead atoms. The summed E-state index contributed by atoms with van der Waals surface area (Å²) in [6.07, 6.45) is 1.44. The molecule has 0 aliphatic heterocycles. The van der Waals surface area contributed by atoms with E-state index in [-0.39, 0.29) is 0 Å². The Bertz CT molecular complexity index is 536.